The summed E-state index contributed by atoms with van der Waals surface area (Å²) in [5.74, 6) is 0. The number of nitroso groups, excluding NO2 is 1. The van der Waals surface area contributed by atoms with Crippen molar-refractivity contribution >= 4 is 22.7 Å². The van der Waals surface area contributed by atoms with E-state index in [2.05, 4.69) is 10.5 Å². The largest absolute Gasteiger partial charge is 0.397 e. The van der Waals surface area contributed by atoms with E-state index in [1.807, 2.05) is 0 Å². The van der Waals surface area contributed by atoms with Crippen LogP contribution in [0.15, 0.2) is 17.3 Å². The molecule has 12 heavy (non-hydrogen) atoms. The molecule has 0 heterocycles. The highest BCUT2D eigenvalue weighted by Crippen LogP contribution is 2.30. The van der Waals surface area contributed by atoms with Crippen molar-refractivity contribution in [2.24, 2.45) is 5.18 Å². The Morgan fingerprint density at radius 1 is 1.33 bits per heavy atom. The maximum atomic E-state index is 10.1. The van der Waals surface area contributed by atoms with Gasteiger partial charge in [-0.2, -0.15) is 0 Å². The number of hydrogen-bond donors (Lipinski definition) is 3. The lowest BCUT2D eigenvalue weighted by molar-refractivity contribution is 1.46. The lowest BCUT2D eigenvalue weighted by Crippen LogP contribution is -2.00. The summed E-state index contributed by atoms with van der Waals surface area (Å²) in [6, 6.07) is 2.93. The predicted octanol–water partition coefficient (Wildman–Crippen LogP) is 1.29. The molecule has 0 saturated heterocycles. The van der Waals surface area contributed by atoms with Crippen LogP contribution in [0.5, 0.6) is 0 Å². The number of nitrogens with two attached hydrogens (primary N) is 2. The molecule has 0 aliphatic heterocycles. The van der Waals surface area contributed by atoms with Crippen LogP contribution >= 0.6 is 0 Å². The molecule has 0 aliphatic rings. The van der Waals surface area contributed by atoms with E-state index in [1.54, 1.807) is 7.05 Å². The molecule has 0 fully saturated rings. The number of nitrogen functional groups attached to an aromatic ring is 2. The molecule has 5 nitrogen and oxygen atoms in total. The van der Waals surface area contributed by atoms with Gasteiger partial charge in [0.15, 0.2) is 0 Å². The maximum absolute atomic E-state index is 10.1. The summed E-state index contributed by atoms with van der Waals surface area (Å²) in [4.78, 5) is 10.1. The van der Waals surface area contributed by atoms with E-state index in [0.29, 0.717) is 17.1 Å². The molecular weight excluding hydrogens is 156 g/mol. The zero-order chi connectivity index (χ0) is 9.14. The Kier molecular flexibility index (Phi) is 2.14. The van der Waals surface area contributed by atoms with Gasteiger partial charge in [0.1, 0.15) is 5.69 Å². The van der Waals surface area contributed by atoms with Crippen molar-refractivity contribution in [1.29, 1.82) is 0 Å². The molecule has 5 heteroatoms. The van der Waals surface area contributed by atoms with Crippen molar-refractivity contribution < 1.29 is 0 Å². The van der Waals surface area contributed by atoms with Crippen LogP contribution < -0.4 is 16.8 Å². The van der Waals surface area contributed by atoms with Gasteiger partial charge in [0.2, 0.25) is 0 Å². The molecule has 1 aromatic carbocycles. The average molecular weight is 166 g/mol. The van der Waals surface area contributed by atoms with Gasteiger partial charge in [-0.3, -0.25) is 0 Å². The topological polar surface area (TPSA) is 93.5 Å². The Morgan fingerprint density at radius 3 is 2.17 bits per heavy atom. The van der Waals surface area contributed by atoms with Gasteiger partial charge in [0.25, 0.3) is 0 Å². The van der Waals surface area contributed by atoms with Crippen LogP contribution in [0.25, 0.3) is 0 Å². The first-order valence-corrected chi connectivity index (χ1v) is 3.39. The second-order valence-corrected chi connectivity index (χ2v) is 2.34. The minimum absolute atomic E-state index is 0.240. The van der Waals surface area contributed by atoms with Crippen LogP contribution in [0.3, 0.4) is 0 Å². The van der Waals surface area contributed by atoms with E-state index in [1.165, 1.54) is 12.1 Å². The number of hydrogen-bond acceptors (Lipinski definition) is 5. The second-order valence-electron chi connectivity index (χ2n) is 2.34. The normalized spacial score (nSPS) is 9.42. The monoisotopic (exact) mass is 166 g/mol. The van der Waals surface area contributed by atoms with Crippen molar-refractivity contribution in [3.8, 4) is 0 Å². The first-order valence-electron chi connectivity index (χ1n) is 3.39. The van der Waals surface area contributed by atoms with Gasteiger partial charge in [-0.1, -0.05) is 0 Å². The summed E-state index contributed by atoms with van der Waals surface area (Å²) in [6.07, 6.45) is 0. The second kappa shape index (κ2) is 3.08. The molecule has 1 rings (SSSR count). The molecule has 0 aromatic heterocycles. The molecule has 0 atom stereocenters. The lowest BCUT2D eigenvalue weighted by Gasteiger charge is -2.07. The van der Waals surface area contributed by atoms with E-state index in [9.17, 15) is 4.91 Å². The van der Waals surface area contributed by atoms with Crippen molar-refractivity contribution in [1.82, 2.24) is 0 Å². The highest BCUT2D eigenvalue weighted by Gasteiger charge is 2.04. The zero-order valence-corrected chi connectivity index (χ0v) is 6.66. The van der Waals surface area contributed by atoms with E-state index < -0.39 is 0 Å². The summed E-state index contributed by atoms with van der Waals surface area (Å²) < 4.78 is 0. The van der Waals surface area contributed by atoms with Gasteiger partial charge in [-0.05, 0) is 17.3 Å². The van der Waals surface area contributed by atoms with E-state index >= 15 is 0 Å². The van der Waals surface area contributed by atoms with E-state index in [-0.39, 0.29) is 5.69 Å². The molecule has 5 N–H and O–H groups in total. The maximum Gasteiger partial charge on any atom is 0.112 e. The Morgan fingerprint density at radius 2 is 1.83 bits per heavy atom. The first kappa shape index (κ1) is 8.32. The van der Waals surface area contributed by atoms with Crippen molar-refractivity contribution in [2.45, 2.75) is 0 Å². The fraction of sp³-hybridized carbons (Fsp3) is 0.143. The zero-order valence-electron chi connectivity index (χ0n) is 6.66. The molecular formula is C7H10N4O. The Labute approximate surface area is 69.7 Å². The van der Waals surface area contributed by atoms with Crippen LogP contribution in [0, 0.1) is 4.91 Å². The summed E-state index contributed by atoms with van der Waals surface area (Å²) in [6.45, 7) is 0. The summed E-state index contributed by atoms with van der Waals surface area (Å²) in [5, 5.41) is 5.55. The number of benzene rings is 1. The van der Waals surface area contributed by atoms with Gasteiger partial charge >= 0.3 is 0 Å². The molecule has 0 spiro atoms. The molecule has 1 aromatic rings. The van der Waals surface area contributed by atoms with E-state index in [0.717, 1.165) is 0 Å². The van der Waals surface area contributed by atoms with Crippen molar-refractivity contribution in [2.75, 3.05) is 23.8 Å². The van der Waals surface area contributed by atoms with Crippen molar-refractivity contribution in [3.63, 3.8) is 0 Å². The van der Waals surface area contributed by atoms with Crippen LogP contribution in [0.1, 0.15) is 0 Å². The van der Waals surface area contributed by atoms with Crippen LogP contribution in [0.2, 0.25) is 0 Å². The van der Waals surface area contributed by atoms with Crippen LogP contribution in [-0.4, -0.2) is 7.05 Å². The molecule has 0 aliphatic carbocycles. The average Bonchev–Trinajstić information content (AvgIpc) is 2.03. The minimum Gasteiger partial charge on any atom is -0.397 e. The van der Waals surface area contributed by atoms with Gasteiger partial charge in [-0.25, -0.2) is 0 Å². The van der Waals surface area contributed by atoms with Gasteiger partial charge in [-0.15, -0.1) is 4.91 Å². The smallest absolute Gasteiger partial charge is 0.112 e. The molecule has 0 bridgehead atoms. The molecule has 0 radical (unpaired) electrons. The third-order valence-corrected chi connectivity index (χ3v) is 1.54. The summed E-state index contributed by atoms with van der Waals surface area (Å²) in [7, 11) is 1.70. The van der Waals surface area contributed by atoms with Gasteiger partial charge in [0, 0.05) is 7.05 Å². The number of nitrogens with one attached hydrogen (secondary N) is 1. The lowest BCUT2D eigenvalue weighted by atomic mass is 10.2. The SMILES string of the molecule is CNc1c(N)cc(N=O)cc1N. The quantitative estimate of drug-likeness (QED) is 0.455. The number of nitrogens with zero attached hydrogens (tertiary/aromatic N) is 1. The fourth-order valence-corrected chi connectivity index (χ4v) is 1.01. The Bertz CT molecular complexity index is 287. The highest BCUT2D eigenvalue weighted by atomic mass is 16.3. The highest BCUT2D eigenvalue weighted by molar-refractivity contribution is 5.82. The molecule has 64 valence electrons. The standard InChI is InChI=1S/C7H10N4O/c1-10-7-5(8)2-4(11-12)3-6(7)9/h2-3,10H,8-9H2,1H3. The minimum atomic E-state index is 0.240. The number of anilines is 3. The van der Waals surface area contributed by atoms with Crippen LogP contribution in [-0.2, 0) is 0 Å². The third-order valence-electron chi connectivity index (χ3n) is 1.54. The van der Waals surface area contributed by atoms with Crippen LogP contribution in [0.4, 0.5) is 22.7 Å². The first-order chi connectivity index (χ1) is 5.69. The van der Waals surface area contributed by atoms with Crippen molar-refractivity contribution in [3.05, 3.63) is 17.0 Å². The molecule has 0 unspecified atom stereocenters. The third kappa shape index (κ3) is 1.29. The van der Waals surface area contributed by atoms with Gasteiger partial charge < -0.3 is 16.8 Å². The fourth-order valence-electron chi connectivity index (χ4n) is 1.01. The molecule has 0 amide bonds. The summed E-state index contributed by atoms with van der Waals surface area (Å²) in [5.41, 5.74) is 12.8. The summed E-state index contributed by atoms with van der Waals surface area (Å²) >= 11 is 0. The Hall–Kier alpha value is -1.78. The Balaban J connectivity index is 3.27. The van der Waals surface area contributed by atoms with E-state index in [4.69, 9.17) is 11.5 Å². The predicted molar refractivity (Wildman–Crippen MR) is 50.3 cm³/mol. The number of rotatable bonds is 2. The van der Waals surface area contributed by atoms with Gasteiger partial charge in [0.05, 0.1) is 17.1 Å². The molecule has 0 saturated carbocycles.